The fraction of sp³-hybridized carbons (Fsp3) is 0.533. The van der Waals surface area contributed by atoms with Gasteiger partial charge in [-0.05, 0) is 44.5 Å². The predicted molar refractivity (Wildman–Crippen MR) is 81.5 cm³/mol. The van der Waals surface area contributed by atoms with Crippen LogP contribution in [0.25, 0.3) is 0 Å². The molecule has 1 saturated heterocycles. The van der Waals surface area contributed by atoms with E-state index in [9.17, 15) is 4.79 Å². The smallest absolute Gasteiger partial charge is 0.230 e. The number of anilines is 1. The number of ether oxygens (including phenoxy) is 1. The van der Waals surface area contributed by atoms with Crippen LogP contribution in [0.5, 0.6) is 5.75 Å². The van der Waals surface area contributed by atoms with Crippen LogP contribution >= 0.6 is 11.6 Å². The lowest BCUT2D eigenvalue weighted by atomic mass is 9.76. The monoisotopic (exact) mass is 296 g/mol. The van der Waals surface area contributed by atoms with E-state index >= 15 is 0 Å². The number of carbonyl (C=O) groups excluding carboxylic acids is 1. The summed E-state index contributed by atoms with van der Waals surface area (Å²) in [5, 5.41) is 6.84. The molecule has 0 bridgehead atoms. The number of benzene rings is 1. The van der Waals surface area contributed by atoms with Gasteiger partial charge in [-0.2, -0.15) is 0 Å². The van der Waals surface area contributed by atoms with Crippen molar-refractivity contribution >= 4 is 23.2 Å². The van der Waals surface area contributed by atoms with Crippen LogP contribution in [0.2, 0.25) is 5.02 Å². The Morgan fingerprint density at radius 3 is 2.75 bits per heavy atom. The number of carbonyl (C=O) groups is 1. The first-order valence-corrected chi connectivity index (χ1v) is 7.35. The highest BCUT2D eigenvalue weighted by Crippen LogP contribution is 2.35. The van der Waals surface area contributed by atoms with Crippen molar-refractivity contribution in [1.29, 1.82) is 0 Å². The Balaban J connectivity index is 2.14. The standard InChI is InChI=1S/C15H21ClN2O2/c1-3-15(6-8-17-9-7-15)14(19)18-11-4-5-12(16)13(10-11)20-2/h4-5,10,17H,3,6-9H2,1-2H3,(H,18,19). The van der Waals surface area contributed by atoms with Gasteiger partial charge in [-0.15, -0.1) is 0 Å². The van der Waals surface area contributed by atoms with E-state index in [1.165, 1.54) is 0 Å². The average molecular weight is 297 g/mol. The first kappa shape index (κ1) is 15.1. The molecule has 1 heterocycles. The maximum absolute atomic E-state index is 12.6. The number of piperidine rings is 1. The molecule has 0 aromatic heterocycles. The average Bonchev–Trinajstić information content (AvgIpc) is 2.49. The molecule has 1 fully saturated rings. The van der Waals surface area contributed by atoms with Gasteiger partial charge in [-0.1, -0.05) is 18.5 Å². The van der Waals surface area contributed by atoms with Gasteiger partial charge in [-0.25, -0.2) is 0 Å². The molecule has 1 amide bonds. The molecule has 2 rings (SSSR count). The van der Waals surface area contributed by atoms with Crippen LogP contribution < -0.4 is 15.4 Å². The van der Waals surface area contributed by atoms with E-state index in [0.717, 1.165) is 38.0 Å². The molecule has 5 heteroatoms. The zero-order valence-corrected chi connectivity index (χ0v) is 12.7. The number of nitrogens with one attached hydrogen (secondary N) is 2. The maximum Gasteiger partial charge on any atom is 0.230 e. The summed E-state index contributed by atoms with van der Waals surface area (Å²) in [7, 11) is 1.56. The summed E-state index contributed by atoms with van der Waals surface area (Å²) in [6.45, 7) is 3.86. The molecule has 0 unspecified atom stereocenters. The highest BCUT2D eigenvalue weighted by Gasteiger charge is 2.37. The van der Waals surface area contributed by atoms with Gasteiger partial charge in [0.05, 0.1) is 17.5 Å². The number of hydrogen-bond acceptors (Lipinski definition) is 3. The molecule has 0 atom stereocenters. The molecule has 20 heavy (non-hydrogen) atoms. The van der Waals surface area contributed by atoms with Crippen molar-refractivity contribution in [3.05, 3.63) is 23.2 Å². The van der Waals surface area contributed by atoms with E-state index < -0.39 is 0 Å². The van der Waals surface area contributed by atoms with Gasteiger partial charge in [-0.3, -0.25) is 4.79 Å². The predicted octanol–water partition coefficient (Wildman–Crippen LogP) is 3.07. The molecule has 110 valence electrons. The Morgan fingerprint density at radius 2 is 2.15 bits per heavy atom. The van der Waals surface area contributed by atoms with Crippen LogP contribution in [0.3, 0.4) is 0 Å². The van der Waals surface area contributed by atoms with Crippen LogP contribution in [-0.2, 0) is 4.79 Å². The highest BCUT2D eigenvalue weighted by molar-refractivity contribution is 6.32. The highest BCUT2D eigenvalue weighted by atomic mass is 35.5. The van der Waals surface area contributed by atoms with Crippen molar-refractivity contribution in [3.8, 4) is 5.75 Å². The second-order valence-electron chi connectivity index (χ2n) is 5.19. The van der Waals surface area contributed by atoms with Crippen molar-refractivity contribution in [3.63, 3.8) is 0 Å². The van der Waals surface area contributed by atoms with Crippen molar-refractivity contribution in [2.75, 3.05) is 25.5 Å². The number of hydrogen-bond donors (Lipinski definition) is 2. The lowest BCUT2D eigenvalue weighted by Gasteiger charge is -2.35. The van der Waals surface area contributed by atoms with Crippen LogP contribution in [-0.4, -0.2) is 26.1 Å². The Hall–Kier alpha value is -1.26. The summed E-state index contributed by atoms with van der Waals surface area (Å²) < 4.78 is 5.17. The summed E-state index contributed by atoms with van der Waals surface area (Å²) in [5.74, 6) is 0.659. The van der Waals surface area contributed by atoms with Crippen molar-refractivity contribution < 1.29 is 9.53 Å². The first-order chi connectivity index (χ1) is 9.61. The van der Waals surface area contributed by atoms with Crippen molar-refractivity contribution in [1.82, 2.24) is 5.32 Å². The summed E-state index contributed by atoms with van der Waals surface area (Å²) in [6, 6.07) is 5.29. The van der Waals surface area contributed by atoms with Crippen LogP contribution in [0.1, 0.15) is 26.2 Å². The number of amides is 1. The maximum atomic E-state index is 12.6. The molecule has 0 spiro atoms. The van der Waals surface area contributed by atoms with Gasteiger partial charge >= 0.3 is 0 Å². The Labute approximate surface area is 124 Å². The third kappa shape index (κ3) is 3.07. The molecule has 1 aliphatic rings. The van der Waals surface area contributed by atoms with Crippen LogP contribution in [0, 0.1) is 5.41 Å². The zero-order chi connectivity index (χ0) is 14.6. The number of halogens is 1. The summed E-state index contributed by atoms with van der Waals surface area (Å²) >= 11 is 5.99. The molecule has 0 saturated carbocycles. The Morgan fingerprint density at radius 1 is 1.45 bits per heavy atom. The number of methoxy groups -OCH3 is 1. The lowest BCUT2D eigenvalue weighted by Crippen LogP contribution is -2.44. The van der Waals surface area contributed by atoms with Gasteiger partial charge in [0.25, 0.3) is 0 Å². The minimum Gasteiger partial charge on any atom is -0.495 e. The third-order valence-corrected chi connectivity index (χ3v) is 4.44. The molecule has 0 radical (unpaired) electrons. The molecular formula is C15H21ClN2O2. The van der Waals surface area contributed by atoms with Crippen LogP contribution in [0.4, 0.5) is 5.69 Å². The molecule has 4 nitrogen and oxygen atoms in total. The Bertz CT molecular complexity index is 485. The van der Waals surface area contributed by atoms with Crippen molar-refractivity contribution in [2.24, 2.45) is 5.41 Å². The molecule has 2 N–H and O–H groups in total. The fourth-order valence-electron chi connectivity index (χ4n) is 2.65. The van der Waals surface area contributed by atoms with E-state index in [2.05, 4.69) is 17.6 Å². The molecule has 1 aromatic rings. The molecule has 0 aliphatic carbocycles. The van der Waals surface area contributed by atoms with Gasteiger partial charge in [0.2, 0.25) is 5.91 Å². The van der Waals surface area contributed by atoms with E-state index in [1.807, 2.05) is 0 Å². The van der Waals surface area contributed by atoms with E-state index in [1.54, 1.807) is 25.3 Å². The second kappa shape index (κ2) is 6.46. The summed E-state index contributed by atoms with van der Waals surface area (Å²) in [5.41, 5.74) is 0.459. The molecule has 1 aromatic carbocycles. The summed E-state index contributed by atoms with van der Waals surface area (Å²) in [4.78, 5) is 12.6. The van der Waals surface area contributed by atoms with E-state index in [0.29, 0.717) is 10.8 Å². The minimum absolute atomic E-state index is 0.0888. The molecule has 1 aliphatic heterocycles. The van der Waals surface area contributed by atoms with Gasteiger partial charge in [0.15, 0.2) is 0 Å². The SMILES string of the molecule is CCC1(C(=O)Nc2ccc(Cl)c(OC)c2)CCNCC1. The normalized spacial score (nSPS) is 17.6. The van der Waals surface area contributed by atoms with Gasteiger partial charge in [0, 0.05) is 11.8 Å². The minimum atomic E-state index is -0.266. The van der Waals surface area contributed by atoms with Crippen LogP contribution in [0.15, 0.2) is 18.2 Å². The van der Waals surface area contributed by atoms with E-state index in [4.69, 9.17) is 16.3 Å². The first-order valence-electron chi connectivity index (χ1n) is 6.97. The van der Waals surface area contributed by atoms with Gasteiger partial charge < -0.3 is 15.4 Å². The number of rotatable bonds is 4. The quantitative estimate of drug-likeness (QED) is 0.898. The Kier molecular flexibility index (Phi) is 4.89. The van der Waals surface area contributed by atoms with Gasteiger partial charge in [0.1, 0.15) is 5.75 Å². The third-order valence-electron chi connectivity index (χ3n) is 4.13. The largest absolute Gasteiger partial charge is 0.495 e. The molecular weight excluding hydrogens is 276 g/mol. The topological polar surface area (TPSA) is 50.4 Å². The van der Waals surface area contributed by atoms with Crippen molar-refractivity contribution in [2.45, 2.75) is 26.2 Å². The zero-order valence-electron chi connectivity index (χ0n) is 12.0. The fourth-order valence-corrected chi connectivity index (χ4v) is 2.84. The summed E-state index contributed by atoms with van der Waals surface area (Å²) in [6.07, 6.45) is 2.60. The van der Waals surface area contributed by atoms with E-state index in [-0.39, 0.29) is 11.3 Å². The lowest BCUT2D eigenvalue weighted by molar-refractivity contribution is -0.127. The second-order valence-corrected chi connectivity index (χ2v) is 5.59.